The average molecular weight is 465 g/mol. The third kappa shape index (κ3) is 6.17. The van der Waals surface area contributed by atoms with Crippen LogP contribution in [0.25, 0.3) is 0 Å². The lowest BCUT2D eigenvalue weighted by atomic mass is 10.0. The number of allylic oxidation sites excluding steroid dienone is 1. The van der Waals surface area contributed by atoms with Crippen LogP contribution in [-0.2, 0) is 41.7 Å². The number of esters is 1. The van der Waals surface area contributed by atoms with E-state index in [1.165, 1.54) is 6.92 Å². The van der Waals surface area contributed by atoms with Gasteiger partial charge in [0, 0.05) is 0 Å². The van der Waals surface area contributed by atoms with Crippen molar-refractivity contribution in [3.05, 3.63) is 83.1 Å². The van der Waals surface area contributed by atoms with E-state index >= 15 is 0 Å². The van der Waals surface area contributed by atoms with Gasteiger partial charge in [0.1, 0.15) is 18.9 Å². The van der Waals surface area contributed by atoms with Crippen LogP contribution in [0.5, 0.6) is 0 Å². The van der Waals surface area contributed by atoms with Crippen LogP contribution >= 0.6 is 0 Å². The molecule has 8 heteroatoms. The molecule has 2 aromatic carbocycles. The Morgan fingerprint density at radius 3 is 2.06 bits per heavy atom. The van der Waals surface area contributed by atoms with Crippen LogP contribution < -0.4 is 5.32 Å². The zero-order chi connectivity index (χ0) is 24.7. The molecule has 0 saturated carbocycles. The Morgan fingerprint density at radius 2 is 1.50 bits per heavy atom. The number of ketones is 1. The fraction of sp³-hybridized carbons (Fsp3) is 0.308. The minimum Gasteiger partial charge on any atom is -0.456 e. The van der Waals surface area contributed by atoms with Gasteiger partial charge in [-0.1, -0.05) is 60.7 Å². The Labute approximate surface area is 198 Å². The normalized spacial score (nSPS) is 16.9. The third-order valence-corrected chi connectivity index (χ3v) is 5.15. The second-order valence-electron chi connectivity index (χ2n) is 8.23. The predicted molar refractivity (Wildman–Crippen MR) is 124 cm³/mol. The highest BCUT2D eigenvalue weighted by Crippen LogP contribution is 2.29. The summed E-state index contributed by atoms with van der Waals surface area (Å²) < 4.78 is 11.1. The minimum atomic E-state index is -1.02. The van der Waals surface area contributed by atoms with E-state index in [-0.39, 0.29) is 37.0 Å². The Kier molecular flexibility index (Phi) is 8.32. The number of likely N-dealkylation sites (tertiary alicyclic amines) is 1. The van der Waals surface area contributed by atoms with Crippen molar-refractivity contribution in [2.24, 2.45) is 0 Å². The lowest BCUT2D eigenvalue weighted by Gasteiger charge is -2.46. The fourth-order valence-corrected chi connectivity index (χ4v) is 3.55. The standard InChI is InChI=1S/C26H28N2O6/c1-17(2)23(26(32)34-16-20-12-8-5-9-13-20)28-24(31)22(25(28)33-15-18(3)29)27-21(30)14-19-10-6-4-7-11-19/h4-13,22,25H,14-16H2,1-3H3,(H,27,30). The van der Waals surface area contributed by atoms with E-state index in [0.29, 0.717) is 5.57 Å². The van der Waals surface area contributed by atoms with E-state index in [0.717, 1.165) is 16.0 Å². The van der Waals surface area contributed by atoms with Gasteiger partial charge in [-0.05, 0) is 37.5 Å². The highest BCUT2D eigenvalue weighted by molar-refractivity contribution is 6.01. The van der Waals surface area contributed by atoms with Gasteiger partial charge in [-0.15, -0.1) is 0 Å². The molecule has 1 aliphatic rings. The van der Waals surface area contributed by atoms with Gasteiger partial charge in [-0.25, -0.2) is 4.79 Å². The van der Waals surface area contributed by atoms with Crippen LogP contribution in [0.3, 0.4) is 0 Å². The molecule has 3 rings (SSSR count). The van der Waals surface area contributed by atoms with Crippen molar-refractivity contribution in [2.45, 2.75) is 46.1 Å². The van der Waals surface area contributed by atoms with E-state index in [1.807, 2.05) is 60.7 Å². The zero-order valence-electron chi connectivity index (χ0n) is 19.4. The largest absolute Gasteiger partial charge is 0.456 e. The van der Waals surface area contributed by atoms with Crippen LogP contribution in [0, 0.1) is 0 Å². The number of Topliss-reactive ketones (excluding diaryl/α,β-unsaturated/α-hetero) is 1. The molecule has 1 fully saturated rings. The van der Waals surface area contributed by atoms with Crippen molar-refractivity contribution in [1.29, 1.82) is 0 Å². The summed E-state index contributed by atoms with van der Waals surface area (Å²) in [6.45, 7) is 4.47. The van der Waals surface area contributed by atoms with Gasteiger partial charge in [0.25, 0.3) is 5.91 Å². The molecule has 1 aliphatic heterocycles. The molecule has 1 heterocycles. The van der Waals surface area contributed by atoms with Crippen LogP contribution in [0.4, 0.5) is 0 Å². The first-order valence-corrected chi connectivity index (χ1v) is 10.9. The number of carbonyl (C=O) groups is 4. The third-order valence-electron chi connectivity index (χ3n) is 5.15. The maximum Gasteiger partial charge on any atom is 0.355 e. The molecule has 178 valence electrons. The van der Waals surface area contributed by atoms with Gasteiger partial charge >= 0.3 is 5.97 Å². The van der Waals surface area contributed by atoms with E-state index in [4.69, 9.17) is 9.47 Å². The first-order valence-electron chi connectivity index (χ1n) is 10.9. The number of ether oxygens (including phenoxy) is 2. The van der Waals surface area contributed by atoms with Crippen LogP contribution in [-0.4, -0.2) is 47.3 Å². The second kappa shape index (κ2) is 11.4. The van der Waals surface area contributed by atoms with Crippen molar-refractivity contribution in [3.63, 3.8) is 0 Å². The van der Waals surface area contributed by atoms with Crippen molar-refractivity contribution in [3.8, 4) is 0 Å². The lowest BCUT2D eigenvalue weighted by molar-refractivity contribution is -0.183. The number of carbonyl (C=O) groups excluding carboxylic acids is 4. The number of amides is 2. The molecule has 1 saturated heterocycles. The van der Waals surface area contributed by atoms with Gasteiger partial charge < -0.3 is 14.8 Å². The summed E-state index contributed by atoms with van der Waals surface area (Å²) in [4.78, 5) is 51.2. The molecule has 0 aliphatic carbocycles. The van der Waals surface area contributed by atoms with Crippen molar-refractivity contribution in [2.75, 3.05) is 6.61 Å². The Bertz CT molecular complexity index is 1080. The summed E-state index contributed by atoms with van der Waals surface area (Å²) >= 11 is 0. The predicted octanol–water partition coefficient (Wildman–Crippen LogP) is 2.53. The first-order chi connectivity index (χ1) is 16.3. The topological polar surface area (TPSA) is 102 Å². The SMILES string of the molecule is CC(=O)COC1C(NC(=O)Cc2ccccc2)C(=O)N1C(C(=O)OCc1ccccc1)=C(C)C. The summed E-state index contributed by atoms with van der Waals surface area (Å²) in [6, 6.07) is 17.2. The molecule has 2 atom stereocenters. The number of benzene rings is 2. The van der Waals surface area contributed by atoms with E-state index in [1.54, 1.807) is 13.8 Å². The van der Waals surface area contributed by atoms with Crippen LogP contribution in [0.2, 0.25) is 0 Å². The summed E-state index contributed by atoms with van der Waals surface area (Å²) in [5.74, 6) is -1.82. The molecule has 8 nitrogen and oxygen atoms in total. The van der Waals surface area contributed by atoms with Gasteiger partial charge in [0.15, 0.2) is 18.1 Å². The molecule has 0 bridgehead atoms. The summed E-state index contributed by atoms with van der Waals surface area (Å²) in [5.41, 5.74) is 2.16. The second-order valence-corrected chi connectivity index (χ2v) is 8.23. The Hall–Kier alpha value is -3.78. The highest BCUT2D eigenvalue weighted by Gasteiger charge is 2.52. The number of hydrogen-bond acceptors (Lipinski definition) is 6. The highest BCUT2D eigenvalue weighted by atomic mass is 16.5. The monoisotopic (exact) mass is 464 g/mol. The zero-order valence-corrected chi connectivity index (χ0v) is 19.4. The molecule has 0 aromatic heterocycles. The van der Waals surface area contributed by atoms with E-state index < -0.39 is 24.1 Å². The van der Waals surface area contributed by atoms with Crippen molar-refractivity contribution in [1.82, 2.24) is 10.2 Å². The summed E-state index contributed by atoms with van der Waals surface area (Å²) in [7, 11) is 0. The quantitative estimate of drug-likeness (QED) is 0.329. The molecular formula is C26H28N2O6. The number of β-lactam (4-membered cyclic amide) rings is 1. The van der Waals surface area contributed by atoms with Gasteiger partial charge in [0.05, 0.1) is 6.42 Å². The minimum absolute atomic E-state index is 0.0306. The Morgan fingerprint density at radius 1 is 0.912 bits per heavy atom. The number of nitrogens with zero attached hydrogens (tertiary/aromatic N) is 1. The molecule has 1 N–H and O–H groups in total. The summed E-state index contributed by atoms with van der Waals surface area (Å²) in [5, 5.41) is 2.67. The van der Waals surface area contributed by atoms with Gasteiger partial charge in [-0.3, -0.25) is 19.3 Å². The smallest absolute Gasteiger partial charge is 0.355 e. The lowest BCUT2D eigenvalue weighted by Crippen LogP contribution is -2.72. The van der Waals surface area contributed by atoms with Crippen molar-refractivity contribution < 1.29 is 28.7 Å². The summed E-state index contributed by atoms with van der Waals surface area (Å²) in [6.07, 6.45) is -0.927. The molecule has 0 radical (unpaired) electrons. The first kappa shape index (κ1) is 24.9. The van der Waals surface area contributed by atoms with Gasteiger partial charge in [-0.2, -0.15) is 0 Å². The molecule has 0 spiro atoms. The average Bonchev–Trinajstić information content (AvgIpc) is 2.81. The van der Waals surface area contributed by atoms with E-state index in [2.05, 4.69) is 5.32 Å². The molecule has 2 unspecified atom stereocenters. The van der Waals surface area contributed by atoms with E-state index in [9.17, 15) is 19.2 Å². The molecule has 2 amide bonds. The fourth-order valence-electron chi connectivity index (χ4n) is 3.55. The maximum atomic E-state index is 13.0. The Balaban J connectivity index is 1.73. The molecule has 34 heavy (non-hydrogen) atoms. The van der Waals surface area contributed by atoms with Crippen LogP contribution in [0.1, 0.15) is 31.9 Å². The molecule has 2 aromatic rings. The maximum absolute atomic E-state index is 13.0. The van der Waals surface area contributed by atoms with Crippen molar-refractivity contribution >= 4 is 23.6 Å². The van der Waals surface area contributed by atoms with Crippen LogP contribution in [0.15, 0.2) is 71.9 Å². The number of rotatable bonds is 10. The molecular weight excluding hydrogens is 436 g/mol. The van der Waals surface area contributed by atoms with Gasteiger partial charge in [0.2, 0.25) is 5.91 Å². The number of nitrogens with one attached hydrogen (secondary N) is 1. The number of hydrogen-bond donors (Lipinski definition) is 1.